The van der Waals surface area contributed by atoms with Gasteiger partial charge in [-0.2, -0.15) is 0 Å². The molecule has 0 spiro atoms. The minimum atomic E-state index is -0.0982. The Labute approximate surface area is 121 Å². The van der Waals surface area contributed by atoms with E-state index in [1.54, 1.807) is 4.88 Å². The first-order chi connectivity index (χ1) is 9.31. The van der Waals surface area contributed by atoms with E-state index < -0.39 is 0 Å². The van der Waals surface area contributed by atoms with E-state index in [0.29, 0.717) is 11.8 Å². The monoisotopic (exact) mass is 278 g/mol. The van der Waals surface area contributed by atoms with Crippen molar-refractivity contribution in [3.8, 4) is 0 Å². The molecule has 0 saturated heterocycles. The highest BCUT2D eigenvalue weighted by Gasteiger charge is 2.36. The maximum atomic E-state index is 11.0. The summed E-state index contributed by atoms with van der Waals surface area (Å²) in [6, 6.07) is 2.27. The summed E-state index contributed by atoms with van der Waals surface area (Å²) in [5.41, 5.74) is 1.48. The van der Waals surface area contributed by atoms with Crippen molar-refractivity contribution in [3.63, 3.8) is 0 Å². The molecule has 0 bridgehead atoms. The normalized spacial score (nSPS) is 32.8. The number of thiophene rings is 1. The van der Waals surface area contributed by atoms with Gasteiger partial charge in [0, 0.05) is 10.8 Å². The average molecular weight is 278 g/mol. The number of aliphatic hydroxyl groups is 1. The molecule has 0 aromatic carbocycles. The zero-order chi connectivity index (χ0) is 13.2. The van der Waals surface area contributed by atoms with Crippen molar-refractivity contribution in [2.45, 2.75) is 70.3 Å². The summed E-state index contributed by atoms with van der Waals surface area (Å²) >= 11 is 1.89. The lowest BCUT2D eigenvalue weighted by atomic mass is 9.69. The predicted octanol–water partition coefficient (Wildman–Crippen LogP) is 4.75. The van der Waals surface area contributed by atoms with Crippen LogP contribution in [0.25, 0.3) is 0 Å². The first-order valence-corrected chi connectivity index (χ1v) is 8.93. The zero-order valence-electron chi connectivity index (χ0n) is 12.0. The SMILES string of the molecule is CCC1CCCCC1C(O)C1CCCc2sccc21. The van der Waals surface area contributed by atoms with Crippen LogP contribution < -0.4 is 0 Å². The smallest absolute Gasteiger partial charge is 0.0639 e. The molecule has 19 heavy (non-hydrogen) atoms. The molecule has 0 aliphatic heterocycles. The van der Waals surface area contributed by atoms with Gasteiger partial charge in [0.25, 0.3) is 0 Å². The summed E-state index contributed by atoms with van der Waals surface area (Å²) in [5, 5.41) is 13.2. The fourth-order valence-electron chi connectivity index (χ4n) is 4.37. The first kappa shape index (κ1) is 13.6. The van der Waals surface area contributed by atoms with E-state index in [4.69, 9.17) is 0 Å². The Kier molecular flexibility index (Phi) is 4.28. The average Bonchev–Trinajstić information content (AvgIpc) is 2.94. The molecule has 2 aliphatic carbocycles. The van der Waals surface area contributed by atoms with Crippen LogP contribution in [0.2, 0.25) is 0 Å². The van der Waals surface area contributed by atoms with Gasteiger partial charge in [0.05, 0.1) is 6.10 Å². The van der Waals surface area contributed by atoms with Crippen molar-refractivity contribution in [2.24, 2.45) is 11.8 Å². The van der Waals surface area contributed by atoms with E-state index in [1.165, 1.54) is 56.9 Å². The molecule has 0 radical (unpaired) electrons. The van der Waals surface area contributed by atoms with Crippen molar-refractivity contribution >= 4 is 11.3 Å². The van der Waals surface area contributed by atoms with E-state index in [-0.39, 0.29) is 6.10 Å². The molecule has 1 aromatic rings. The molecule has 4 atom stereocenters. The number of hydrogen-bond donors (Lipinski definition) is 1. The second-order valence-electron chi connectivity index (χ2n) is 6.41. The Balaban J connectivity index is 1.79. The molecule has 1 saturated carbocycles. The summed E-state index contributed by atoms with van der Waals surface area (Å²) in [4.78, 5) is 1.54. The molecule has 3 rings (SSSR count). The molecule has 0 amide bonds. The van der Waals surface area contributed by atoms with Crippen LogP contribution in [-0.4, -0.2) is 11.2 Å². The van der Waals surface area contributed by atoms with Gasteiger partial charge in [0.15, 0.2) is 0 Å². The van der Waals surface area contributed by atoms with Crippen LogP contribution in [-0.2, 0) is 6.42 Å². The molecule has 1 nitrogen and oxygen atoms in total. The molecule has 2 aliphatic rings. The largest absolute Gasteiger partial charge is 0.392 e. The van der Waals surface area contributed by atoms with E-state index >= 15 is 0 Å². The molecule has 2 heteroatoms. The summed E-state index contributed by atoms with van der Waals surface area (Å²) in [5.74, 6) is 1.73. The molecule has 1 N–H and O–H groups in total. The van der Waals surface area contributed by atoms with Gasteiger partial charge in [0.1, 0.15) is 0 Å². The van der Waals surface area contributed by atoms with Gasteiger partial charge in [-0.1, -0.05) is 32.6 Å². The second kappa shape index (κ2) is 5.97. The first-order valence-electron chi connectivity index (χ1n) is 8.05. The van der Waals surface area contributed by atoms with Crippen molar-refractivity contribution in [1.29, 1.82) is 0 Å². The van der Waals surface area contributed by atoms with Crippen LogP contribution >= 0.6 is 11.3 Å². The third-order valence-corrected chi connectivity index (χ3v) is 6.44. The van der Waals surface area contributed by atoms with Crippen LogP contribution in [0.5, 0.6) is 0 Å². The molecular weight excluding hydrogens is 252 g/mol. The second-order valence-corrected chi connectivity index (χ2v) is 7.41. The molecule has 1 heterocycles. The van der Waals surface area contributed by atoms with Crippen molar-refractivity contribution in [1.82, 2.24) is 0 Å². The lowest BCUT2D eigenvalue weighted by molar-refractivity contribution is 0.0221. The third kappa shape index (κ3) is 2.62. The highest BCUT2D eigenvalue weighted by molar-refractivity contribution is 7.10. The number of fused-ring (bicyclic) bond motifs is 1. The highest BCUT2D eigenvalue weighted by Crippen LogP contribution is 2.44. The van der Waals surface area contributed by atoms with Crippen molar-refractivity contribution in [3.05, 3.63) is 21.9 Å². The fraction of sp³-hybridized carbons (Fsp3) is 0.765. The Morgan fingerprint density at radius 3 is 2.95 bits per heavy atom. The summed E-state index contributed by atoms with van der Waals surface area (Å²) in [6.07, 6.45) is 10.1. The molecular formula is C17H26OS. The molecule has 4 unspecified atom stereocenters. The van der Waals surface area contributed by atoms with Gasteiger partial charge in [-0.3, -0.25) is 0 Å². The Hall–Kier alpha value is -0.340. The van der Waals surface area contributed by atoms with Gasteiger partial charge in [-0.25, -0.2) is 0 Å². The molecule has 1 aromatic heterocycles. The van der Waals surface area contributed by atoms with Crippen LogP contribution in [0.3, 0.4) is 0 Å². The van der Waals surface area contributed by atoms with Gasteiger partial charge in [-0.15, -0.1) is 11.3 Å². The van der Waals surface area contributed by atoms with Gasteiger partial charge < -0.3 is 5.11 Å². The molecule has 1 fully saturated rings. The number of aryl methyl sites for hydroxylation is 1. The Morgan fingerprint density at radius 1 is 1.26 bits per heavy atom. The van der Waals surface area contributed by atoms with Crippen molar-refractivity contribution in [2.75, 3.05) is 0 Å². The zero-order valence-corrected chi connectivity index (χ0v) is 12.8. The lowest BCUT2D eigenvalue weighted by Crippen LogP contribution is -2.36. The lowest BCUT2D eigenvalue weighted by Gasteiger charge is -2.39. The topological polar surface area (TPSA) is 20.2 Å². The Bertz CT molecular complexity index is 411. The van der Waals surface area contributed by atoms with Gasteiger partial charge >= 0.3 is 0 Å². The third-order valence-electron chi connectivity index (χ3n) is 5.44. The van der Waals surface area contributed by atoms with Crippen LogP contribution in [0.15, 0.2) is 11.4 Å². The summed E-state index contributed by atoms with van der Waals surface area (Å²) in [6.45, 7) is 2.30. The standard InChI is InChI=1S/C17H26OS/c1-2-12-6-3-4-7-13(12)17(18)15-8-5-9-16-14(15)10-11-19-16/h10-13,15,17-18H,2-9H2,1H3. The Morgan fingerprint density at radius 2 is 2.11 bits per heavy atom. The highest BCUT2D eigenvalue weighted by atomic mass is 32.1. The van der Waals surface area contributed by atoms with Gasteiger partial charge in [-0.05, 0) is 54.5 Å². The number of rotatable bonds is 3. The van der Waals surface area contributed by atoms with E-state index in [0.717, 1.165) is 5.92 Å². The van der Waals surface area contributed by atoms with E-state index in [2.05, 4.69) is 18.4 Å². The maximum Gasteiger partial charge on any atom is 0.0639 e. The van der Waals surface area contributed by atoms with Crippen LogP contribution in [0.1, 0.15) is 68.2 Å². The predicted molar refractivity (Wildman–Crippen MR) is 81.7 cm³/mol. The number of aliphatic hydroxyl groups excluding tert-OH is 1. The molecule has 106 valence electrons. The maximum absolute atomic E-state index is 11.0. The van der Waals surface area contributed by atoms with Crippen LogP contribution in [0, 0.1) is 11.8 Å². The van der Waals surface area contributed by atoms with E-state index in [1.807, 2.05) is 11.3 Å². The van der Waals surface area contributed by atoms with Gasteiger partial charge in [0.2, 0.25) is 0 Å². The van der Waals surface area contributed by atoms with Crippen LogP contribution in [0.4, 0.5) is 0 Å². The van der Waals surface area contributed by atoms with Crippen molar-refractivity contribution < 1.29 is 5.11 Å². The number of hydrogen-bond acceptors (Lipinski definition) is 2. The fourth-order valence-corrected chi connectivity index (χ4v) is 5.36. The quantitative estimate of drug-likeness (QED) is 0.846. The minimum Gasteiger partial charge on any atom is -0.392 e. The minimum absolute atomic E-state index is 0.0982. The summed E-state index contributed by atoms with van der Waals surface area (Å²) in [7, 11) is 0. The van der Waals surface area contributed by atoms with E-state index in [9.17, 15) is 5.11 Å². The summed E-state index contributed by atoms with van der Waals surface area (Å²) < 4.78 is 0.